The molecular weight excluding hydrogens is 320 g/mol. The molecule has 0 bridgehead atoms. The summed E-state index contributed by atoms with van der Waals surface area (Å²) in [6.07, 6.45) is 1.70. The lowest BCUT2D eigenvalue weighted by Gasteiger charge is -2.22. The van der Waals surface area contributed by atoms with Gasteiger partial charge in [0.15, 0.2) is 11.9 Å². The molecule has 0 aliphatic heterocycles. The summed E-state index contributed by atoms with van der Waals surface area (Å²) in [7, 11) is 0. The molecule has 3 aromatic rings. The number of carbonyl (C=O) groups is 1. The Kier molecular flexibility index (Phi) is 2.53. The molecule has 3 aromatic heterocycles. The summed E-state index contributed by atoms with van der Waals surface area (Å²) >= 11 is 6.25. The highest BCUT2D eigenvalue weighted by Crippen LogP contribution is 2.58. The van der Waals surface area contributed by atoms with E-state index in [4.69, 9.17) is 11.6 Å². The minimum absolute atomic E-state index is 0.152. The van der Waals surface area contributed by atoms with Gasteiger partial charge in [-0.05, 0) is 24.3 Å². The largest absolute Gasteiger partial charge is 0.390 e. The summed E-state index contributed by atoms with van der Waals surface area (Å²) < 4.78 is 1.80. The molecule has 7 nitrogen and oxygen atoms in total. The minimum atomic E-state index is -0.832. The number of carbonyl (C=O) groups excluding carboxylic acids is 1. The average Bonchev–Trinajstić information content (AvgIpc) is 2.89. The van der Waals surface area contributed by atoms with Crippen LogP contribution < -0.4 is 0 Å². The van der Waals surface area contributed by atoms with E-state index in [-0.39, 0.29) is 23.0 Å². The van der Waals surface area contributed by atoms with Crippen molar-refractivity contribution in [1.82, 2.24) is 19.5 Å². The van der Waals surface area contributed by atoms with Crippen LogP contribution in [-0.4, -0.2) is 48.2 Å². The zero-order valence-corrected chi connectivity index (χ0v) is 12.6. The van der Waals surface area contributed by atoms with Crippen molar-refractivity contribution in [2.24, 2.45) is 11.8 Å². The van der Waals surface area contributed by atoms with Gasteiger partial charge in [-0.3, -0.25) is 4.79 Å². The number of aliphatic hydroxyl groups excluding tert-OH is 2. The predicted octanol–water partition coefficient (Wildman–Crippen LogP) is 1.29. The number of nitrogens with one attached hydrogen (secondary N) is 1. The van der Waals surface area contributed by atoms with Gasteiger partial charge in [-0.15, -0.1) is 0 Å². The van der Waals surface area contributed by atoms with Gasteiger partial charge in [0.1, 0.15) is 16.8 Å². The van der Waals surface area contributed by atoms with Crippen molar-refractivity contribution in [3.63, 3.8) is 0 Å². The van der Waals surface area contributed by atoms with Crippen molar-refractivity contribution in [2.75, 3.05) is 0 Å². The summed E-state index contributed by atoms with van der Waals surface area (Å²) in [5.41, 5.74) is 2.21. The highest BCUT2D eigenvalue weighted by Gasteiger charge is 2.60. The van der Waals surface area contributed by atoms with Crippen molar-refractivity contribution >= 4 is 40.0 Å². The van der Waals surface area contributed by atoms with Crippen LogP contribution in [0.5, 0.6) is 0 Å². The Morgan fingerprint density at radius 2 is 2.17 bits per heavy atom. The summed E-state index contributed by atoms with van der Waals surface area (Å²) in [6.45, 7) is 0. The second kappa shape index (κ2) is 4.31. The van der Waals surface area contributed by atoms with E-state index in [0.29, 0.717) is 34.0 Å². The molecule has 2 aliphatic carbocycles. The molecule has 23 heavy (non-hydrogen) atoms. The summed E-state index contributed by atoms with van der Waals surface area (Å²) in [5, 5.41) is 21.3. The Balaban J connectivity index is 1.75. The molecule has 1 unspecified atom stereocenters. The number of hydrogen-bond donors (Lipinski definition) is 3. The normalized spacial score (nSPS) is 32.6. The number of fused-ring (bicyclic) bond motifs is 4. The van der Waals surface area contributed by atoms with E-state index in [9.17, 15) is 15.0 Å². The Hall–Kier alpha value is -1.96. The molecule has 0 radical (unpaired) electrons. The quantitative estimate of drug-likeness (QED) is 0.484. The third-order valence-corrected chi connectivity index (χ3v) is 5.47. The third kappa shape index (κ3) is 1.64. The van der Waals surface area contributed by atoms with Crippen molar-refractivity contribution in [3.05, 3.63) is 23.2 Å². The van der Waals surface area contributed by atoms with Crippen LogP contribution in [0, 0.1) is 11.8 Å². The summed E-state index contributed by atoms with van der Waals surface area (Å²) in [5.74, 6) is 0.390. The number of pyridine rings is 1. The first-order valence-corrected chi connectivity index (χ1v) is 7.84. The van der Waals surface area contributed by atoms with E-state index < -0.39 is 12.2 Å². The lowest BCUT2D eigenvalue weighted by Crippen LogP contribution is -2.31. The van der Waals surface area contributed by atoms with E-state index in [1.165, 1.54) is 0 Å². The van der Waals surface area contributed by atoms with Gasteiger partial charge < -0.3 is 19.8 Å². The minimum Gasteiger partial charge on any atom is -0.390 e. The number of imidazole rings is 1. The van der Waals surface area contributed by atoms with Crippen LogP contribution in [-0.2, 0) is 0 Å². The van der Waals surface area contributed by atoms with Crippen LogP contribution in [0.3, 0.4) is 0 Å². The standard InChI is InChI=1S/C15H13ClN4O3/c16-14-8-1-5(3-21)18-9(8)10-15(19-14)20(4-17-10)11-6-2-7(6)12(22)13(11)23/h1,3-4,6-7,11-13,18,22-23H,2H2/t6-,7?,11+,12+,13-/m0/s1. The zero-order valence-electron chi connectivity index (χ0n) is 11.8. The van der Waals surface area contributed by atoms with Crippen LogP contribution in [0.25, 0.3) is 22.1 Å². The molecular formula is C15H13ClN4O3. The number of H-pyrrole nitrogens is 1. The number of aromatic amines is 1. The molecule has 5 atom stereocenters. The van der Waals surface area contributed by atoms with E-state index >= 15 is 0 Å². The van der Waals surface area contributed by atoms with Gasteiger partial charge in [0.2, 0.25) is 0 Å². The molecule has 8 heteroatoms. The predicted molar refractivity (Wildman–Crippen MR) is 82.4 cm³/mol. The Morgan fingerprint density at radius 1 is 1.35 bits per heavy atom. The molecule has 5 rings (SSSR count). The highest BCUT2D eigenvalue weighted by atomic mass is 35.5. The maximum Gasteiger partial charge on any atom is 0.166 e. The van der Waals surface area contributed by atoms with Crippen LogP contribution in [0.4, 0.5) is 0 Å². The Labute approximate surface area is 134 Å². The number of aromatic nitrogens is 4. The van der Waals surface area contributed by atoms with E-state index in [1.54, 1.807) is 17.0 Å². The van der Waals surface area contributed by atoms with E-state index in [0.717, 1.165) is 6.42 Å². The smallest absolute Gasteiger partial charge is 0.166 e. The Bertz CT molecular complexity index is 965. The van der Waals surface area contributed by atoms with Crippen molar-refractivity contribution in [3.8, 4) is 0 Å². The maximum absolute atomic E-state index is 11.0. The second-order valence-electron chi connectivity index (χ2n) is 6.39. The molecule has 3 heterocycles. The van der Waals surface area contributed by atoms with Crippen LogP contribution in [0.15, 0.2) is 12.4 Å². The first-order valence-electron chi connectivity index (χ1n) is 7.46. The fourth-order valence-electron chi connectivity index (χ4n) is 4.00. The lowest BCUT2D eigenvalue weighted by atomic mass is 10.1. The number of halogens is 1. The van der Waals surface area contributed by atoms with Gasteiger partial charge in [0.25, 0.3) is 0 Å². The molecule has 0 aromatic carbocycles. The monoisotopic (exact) mass is 332 g/mol. The highest BCUT2D eigenvalue weighted by molar-refractivity contribution is 6.35. The lowest BCUT2D eigenvalue weighted by molar-refractivity contribution is 0.00387. The molecule has 118 valence electrons. The van der Waals surface area contributed by atoms with Gasteiger partial charge in [0, 0.05) is 5.39 Å². The molecule has 0 spiro atoms. The van der Waals surface area contributed by atoms with Crippen molar-refractivity contribution in [1.29, 1.82) is 0 Å². The number of aliphatic hydroxyl groups is 2. The number of hydrogen-bond acceptors (Lipinski definition) is 5. The van der Waals surface area contributed by atoms with Gasteiger partial charge in [-0.25, -0.2) is 9.97 Å². The van der Waals surface area contributed by atoms with Crippen molar-refractivity contribution in [2.45, 2.75) is 24.7 Å². The molecule has 2 fully saturated rings. The molecule has 2 saturated carbocycles. The maximum atomic E-state index is 11.0. The SMILES string of the molecule is O=Cc1cc2c(Cl)nc3c(ncn3[C@H]3[C@H](O)[C@H](O)C4C[C@@H]43)c2[nH]1. The molecule has 0 saturated heterocycles. The van der Waals surface area contributed by atoms with E-state index in [2.05, 4.69) is 15.0 Å². The number of nitrogens with zero attached hydrogens (tertiary/aromatic N) is 3. The van der Waals surface area contributed by atoms with Crippen LogP contribution in [0.2, 0.25) is 5.15 Å². The average molecular weight is 333 g/mol. The van der Waals surface area contributed by atoms with Crippen LogP contribution in [0.1, 0.15) is 23.0 Å². The summed E-state index contributed by atoms with van der Waals surface area (Å²) in [6, 6.07) is 1.39. The fourth-order valence-corrected chi connectivity index (χ4v) is 4.23. The molecule has 3 N–H and O–H groups in total. The van der Waals surface area contributed by atoms with Gasteiger partial charge in [-0.2, -0.15) is 0 Å². The van der Waals surface area contributed by atoms with Gasteiger partial charge in [-0.1, -0.05) is 11.6 Å². The van der Waals surface area contributed by atoms with Gasteiger partial charge in [0.05, 0.1) is 29.7 Å². The van der Waals surface area contributed by atoms with Gasteiger partial charge >= 0.3 is 0 Å². The molecule has 2 aliphatic rings. The van der Waals surface area contributed by atoms with E-state index in [1.807, 2.05) is 0 Å². The third-order valence-electron chi connectivity index (χ3n) is 5.19. The number of aldehydes is 1. The number of rotatable bonds is 2. The fraction of sp³-hybridized carbons (Fsp3) is 0.400. The Morgan fingerprint density at radius 3 is 2.87 bits per heavy atom. The second-order valence-corrected chi connectivity index (χ2v) is 6.75. The first kappa shape index (κ1) is 13.5. The summed E-state index contributed by atoms with van der Waals surface area (Å²) in [4.78, 5) is 22.8. The molecule has 0 amide bonds. The van der Waals surface area contributed by atoms with Crippen molar-refractivity contribution < 1.29 is 15.0 Å². The van der Waals surface area contributed by atoms with Crippen LogP contribution >= 0.6 is 11.6 Å². The zero-order chi connectivity index (χ0) is 15.9. The topological polar surface area (TPSA) is 104 Å². The first-order chi connectivity index (χ1) is 11.1.